The van der Waals surface area contributed by atoms with Crippen LogP contribution in [0.3, 0.4) is 0 Å². The molecule has 0 aliphatic rings. The van der Waals surface area contributed by atoms with E-state index in [0.717, 1.165) is 15.6 Å². The summed E-state index contributed by atoms with van der Waals surface area (Å²) >= 11 is 1.59. The van der Waals surface area contributed by atoms with Crippen molar-refractivity contribution in [2.45, 2.75) is 20.4 Å². The first-order valence-electron chi connectivity index (χ1n) is 5.87. The number of rotatable bonds is 5. The maximum absolute atomic E-state index is 11.6. The van der Waals surface area contributed by atoms with Crippen molar-refractivity contribution in [3.05, 3.63) is 40.1 Å². The van der Waals surface area contributed by atoms with Crippen LogP contribution in [0.15, 0.2) is 24.5 Å². The molecule has 0 fully saturated rings. The summed E-state index contributed by atoms with van der Waals surface area (Å²) in [7, 11) is 0. The first-order chi connectivity index (χ1) is 9.15. The van der Waals surface area contributed by atoms with Gasteiger partial charge in [0.15, 0.2) is 6.61 Å². The highest BCUT2D eigenvalue weighted by Crippen LogP contribution is 2.16. The molecular formula is C13H15N3O2S. The SMILES string of the molecule is Cc1nc(C)c(CNC(=O)COc2cccnc2)s1. The van der Waals surface area contributed by atoms with Gasteiger partial charge in [-0.3, -0.25) is 9.78 Å². The minimum absolute atomic E-state index is 0.0114. The smallest absolute Gasteiger partial charge is 0.258 e. The first kappa shape index (κ1) is 13.5. The van der Waals surface area contributed by atoms with Gasteiger partial charge in [0.1, 0.15) is 5.75 Å². The predicted octanol–water partition coefficient (Wildman–Crippen LogP) is 1.85. The molecular weight excluding hydrogens is 262 g/mol. The molecule has 0 bridgehead atoms. The van der Waals surface area contributed by atoms with Gasteiger partial charge in [0, 0.05) is 11.1 Å². The number of carbonyl (C=O) groups excluding carboxylic acids is 1. The van der Waals surface area contributed by atoms with E-state index in [1.165, 1.54) is 0 Å². The van der Waals surface area contributed by atoms with E-state index in [1.54, 1.807) is 35.9 Å². The van der Waals surface area contributed by atoms with Gasteiger partial charge in [0.2, 0.25) is 0 Å². The maximum Gasteiger partial charge on any atom is 0.258 e. The van der Waals surface area contributed by atoms with Crippen LogP contribution in [0.1, 0.15) is 15.6 Å². The van der Waals surface area contributed by atoms with Crippen LogP contribution in [0.4, 0.5) is 0 Å². The predicted molar refractivity (Wildman–Crippen MR) is 73.2 cm³/mol. The first-order valence-corrected chi connectivity index (χ1v) is 6.69. The molecule has 6 heteroatoms. The number of thiazole rings is 1. The zero-order valence-electron chi connectivity index (χ0n) is 10.8. The van der Waals surface area contributed by atoms with Crippen molar-refractivity contribution in [3.8, 4) is 5.75 Å². The van der Waals surface area contributed by atoms with Gasteiger partial charge in [-0.2, -0.15) is 0 Å². The second-order valence-electron chi connectivity index (χ2n) is 4.00. The van der Waals surface area contributed by atoms with E-state index in [1.807, 2.05) is 13.8 Å². The Hall–Kier alpha value is -1.95. The standard InChI is InChI=1S/C13H15N3O2S/c1-9-12(19-10(2)16-9)7-15-13(17)8-18-11-4-3-5-14-6-11/h3-6H,7-8H2,1-2H3,(H,15,17). The number of aryl methyl sites for hydroxylation is 2. The van der Waals surface area contributed by atoms with Gasteiger partial charge in [-0.25, -0.2) is 4.98 Å². The largest absolute Gasteiger partial charge is 0.482 e. The van der Waals surface area contributed by atoms with Crippen molar-refractivity contribution in [3.63, 3.8) is 0 Å². The Morgan fingerprint density at radius 1 is 1.47 bits per heavy atom. The van der Waals surface area contributed by atoms with Gasteiger partial charge < -0.3 is 10.1 Å². The minimum atomic E-state index is -0.158. The number of pyridine rings is 1. The molecule has 5 nitrogen and oxygen atoms in total. The Balaban J connectivity index is 1.77. The van der Waals surface area contributed by atoms with Crippen LogP contribution in [0.2, 0.25) is 0 Å². The van der Waals surface area contributed by atoms with Gasteiger partial charge >= 0.3 is 0 Å². The van der Waals surface area contributed by atoms with Crippen LogP contribution >= 0.6 is 11.3 Å². The van der Waals surface area contributed by atoms with E-state index in [0.29, 0.717) is 12.3 Å². The number of aromatic nitrogens is 2. The highest BCUT2D eigenvalue weighted by atomic mass is 32.1. The molecule has 19 heavy (non-hydrogen) atoms. The van der Waals surface area contributed by atoms with Gasteiger partial charge in [-0.15, -0.1) is 11.3 Å². The average molecular weight is 277 g/mol. The number of nitrogens with zero attached hydrogens (tertiary/aromatic N) is 2. The third kappa shape index (κ3) is 4.03. The van der Waals surface area contributed by atoms with E-state index >= 15 is 0 Å². The summed E-state index contributed by atoms with van der Waals surface area (Å²) in [5, 5.41) is 3.82. The molecule has 100 valence electrons. The average Bonchev–Trinajstić information content (AvgIpc) is 2.73. The fourth-order valence-corrected chi connectivity index (χ4v) is 2.43. The molecule has 2 heterocycles. The van der Waals surface area contributed by atoms with Crippen molar-refractivity contribution in [2.24, 2.45) is 0 Å². The van der Waals surface area contributed by atoms with E-state index in [-0.39, 0.29) is 12.5 Å². The third-order valence-electron chi connectivity index (χ3n) is 2.45. The molecule has 0 aromatic carbocycles. The van der Waals surface area contributed by atoms with Gasteiger partial charge in [0.05, 0.1) is 23.4 Å². The molecule has 2 rings (SSSR count). The monoisotopic (exact) mass is 277 g/mol. The van der Waals surface area contributed by atoms with Crippen molar-refractivity contribution in [2.75, 3.05) is 6.61 Å². The van der Waals surface area contributed by atoms with Crippen LogP contribution < -0.4 is 10.1 Å². The Morgan fingerprint density at radius 3 is 2.95 bits per heavy atom. The quantitative estimate of drug-likeness (QED) is 0.906. The summed E-state index contributed by atoms with van der Waals surface area (Å²) in [6, 6.07) is 3.52. The topological polar surface area (TPSA) is 64.1 Å². The summed E-state index contributed by atoms with van der Waals surface area (Å²) in [6.45, 7) is 4.38. The molecule has 0 atom stereocenters. The number of hydrogen-bond acceptors (Lipinski definition) is 5. The van der Waals surface area contributed by atoms with E-state index in [9.17, 15) is 4.79 Å². The van der Waals surface area contributed by atoms with Crippen LogP contribution in [-0.2, 0) is 11.3 Å². The molecule has 2 aromatic rings. The molecule has 0 saturated carbocycles. The third-order valence-corrected chi connectivity index (χ3v) is 3.52. The van der Waals surface area contributed by atoms with Crippen molar-refractivity contribution in [1.29, 1.82) is 0 Å². The summed E-state index contributed by atoms with van der Waals surface area (Å²) in [4.78, 5) is 20.9. The molecule has 0 spiro atoms. The molecule has 0 radical (unpaired) electrons. The van der Waals surface area contributed by atoms with E-state index in [2.05, 4.69) is 15.3 Å². The fourth-order valence-electron chi connectivity index (χ4n) is 1.55. The van der Waals surface area contributed by atoms with Crippen LogP contribution in [0.25, 0.3) is 0 Å². The maximum atomic E-state index is 11.6. The number of carbonyl (C=O) groups is 1. The second kappa shape index (κ2) is 6.29. The zero-order valence-corrected chi connectivity index (χ0v) is 11.7. The van der Waals surface area contributed by atoms with Gasteiger partial charge in [-0.05, 0) is 26.0 Å². The highest BCUT2D eigenvalue weighted by molar-refractivity contribution is 7.11. The minimum Gasteiger partial charge on any atom is -0.482 e. The number of nitrogens with one attached hydrogen (secondary N) is 1. The van der Waals surface area contributed by atoms with Crippen LogP contribution in [0, 0.1) is 13.8 Å². The highest BCUT2D eigenvalue weighted by Gasteiger charge is 2.07. The van der Waals surface area contributed by atoms with Gasteiger partial charge in [-0.1, -0.05) is 0 Å². The van der Waals surface area contributed by atoms with Crippen molar-refractivity contribution in [1.82, 2.24) is 15.3 Å². The van der Waals surface area contributed by atoms with E-state index in [4.69, 9.17) is 4.74 Å². The van der Waals surface area contributed by atoms with Crippen molar-refractivity contribution < 1.29 is 9.53 Å². The summed E-state index contributed by atoms with van der Waals surface area (Å²) < 4.78 is 5.30. The lowest BCUT2D eigenvalue weighted by Crippen LogP contribution is -2.28. The molecule has 1 amide bonds. The normalized spacial score (nSPS) is 10.2. The summed E-state index contributed by atoms with van der Waals surface area (Å²) in [6.07, 6.45) is 3.23. The fraction of sp³-hybridized carbons (Fsp3) is 0.308. The number of ether oxygens (including phenoxy) is 1. The second-order valence-corrected chi connectivity index (χ2v) is 5.28. The van der Waals surface area contributed by atoms with E-state index < -0.39 is 0 Å². The van der Waals surface area contributed by atoms with Crippen LogP contribution in [-0.4, -0.2) is 22.5 Å². The molecule has 2 aromatic heterocycles. The Kier molecular flexibility index (Phi) is 4.46. The lowest BCUT2D eigenvalue weighted by atomic mass is 10.4. The number of amides is 1. The Bertz CT molecular complexity index is 554. The summed E-state index contributed by atoms with van der Waals surface area (Å²) in [5.74, 6) is 0.428. The molecule has 0 aliphatic heterocycles. The summed E-state index contributed by atoms with van der Waals surface area (Å²) in [5.41, 5.74) is 0.968. The lowest BCUT2D eigenvalue weighted by Gasteiger charge is -2.06. The lowest BCUT2D eigenvalue weighted by molar-refractivity contribution is -0.123. The Labute approximate surface area is 115 Å². The molecule has 1 N–H and O–H groups in total. The van der Waals surface area contributed by atoms with Crippen LogP contribution in [0.5, 0.6) is 5.75 Å². The van der Waals surface area contributed by atoms with Gasteiger partial charge in [0.25, 0.3) is 5.91 Å². The van der Waals surface area contributed by atoms with Crippen molar-refractivity contribution >= 4 is 17.2 Å². The molecule has 0 unspecified atom stereocenters. The molecule has 0 saturated heterocycles. The number of hydrogen-bond donors (Lipinski definition) is 1. The Morgan fingerprint density at radius 2 is 2.32 bits per heavy atom. The zero-order chi connectivity index (χ0) is 13.7. The molecule has 0 aliphatic carbocycles.